The number of carbonyl (C=O) groups is 1. The van der Waals surface area contributed by atoms with Gasteiger partial charge in [-0.25, -0.2) is 0 Å². The van der Waals surface area contributed by atoms with E-state index in [4.69, 9.17) is 9.84 Å². The van der Waals surface area contributed by atoms with Gasteiger partial charge in [-0.15, -0.1) is 0 Å². The van der Waals surface area contributed by atoms with Gasteiger partial charge in [0.25, 0.3) is 0 Å². The smallest absolute Gasteiger partial charge is 0.224 e. The first-order valence-corrected chi connectivity index (χ1v) is 9.40. The molecule has 1 amide bonds. The summed E-state index contributed by atoms with van der Waals surface area (Å²) >= 11 is 0. The van der Waals surface area contributed by atoms with Crippen molar-refractivity contribution in [1.82, 2.24) is 15.1 Å². The van der Waals surface area contributed by atoms with Crippen molar-refractivity contribution in [2.45, 2.75) is 64.0 Å². The highest BCUT2D eigenvalue weighted by molar-refractivity contribution is 5.78. The minimum atomic E-state index is -0.0986. The molecular weight excluding hydrogens is 302 g/mol. The number of allylic oxidation sites excluding steroid dienone is 1. The Morgan fingerprint density at radius 3 is 3.04 bits per heavy atom. The summed E-state index contributed by atoms with van der Waals surface area (Å²) in [6.45, 7) is 2.27. The summed E-state index contributed by atoms with van der Waals surface area (Å²) < 4.78 is 7.96. The van der Waals surface area contributed by atoms with Gasteiger partial charge in [-0.2, -0.15) is 5.10 Å². The number of ether oxygens (including phenoxy) is 1. The molecular formula is C19H27N3O2. The molecule has 1 N–H and O–H groups in total. The number of fused-ring (bicyclic) bond motifs is 1. The third-order valence-corrected chi connectivity index (χ3v) is 5.26. The van der Waals surface area contributed by atoms with Crippen LogP contribution in [0, 0.1) is 5.92 Å². The minimum Gasteiger partial charge on any atom is -0.370 e. The molecule has 1 aromatic rings. The zero-order valence-electron chi connectivity index (χ0n) is 14.3. The van der Waals surface area contributed by atoms with E-state index < -0.39 is 0 Å². The van der Waals surface area contributed by atoms with Crippen LogP contribution in [0.4, 0.5) is 0 Å². The van der Waals surface area contributed by atoms with Crippen LogP contribution in [0.25, 0.3) is 0 Å². The Labute approximate surface area is 143 Å². The first-order valence-electron chi connectivity index (χ1n) is 9.40. The van der Waals surface area contributed by atoms with Gasteiger partial charge in [0, 0.05) is 25.7 Å². The summed E-state index contributed by atoms with van der Waals surface area (Å²) in [5.74, 6) is 0.922. The highest BCUT2D eigenvalue weighted by Gasteiger charge is 2.27. The SMILES string of the molecule is O=C(CC1=CCCCC1)NC[C@@H]1OCCc2cn(CC3CC3)nc21. The monoisotopic (exact) mass is 329 g/mol. The predicted octanol–water partition coefficient (Wildman–Crippen LogP) is 2.91. The van der Waals surface area contributed by atoms with Crippen LogP contribution < -0.4 is 5.32 Å². The van der Waals surface area contributed by atoms with Gasteiger partial charge < -0.3 is 10.1 Å². The molecule has 4 rings (SSSR count). The third-order valence-electron chi connectivity index (χ3n) is 5.26. The Hall–Kier alpha value is -1.62. The summed E-state index contributed by atoms with van der Waals surface area (Å²) in [5, 5.41) is 7.78. The molecule has 1 aliphatic heterocycles. The quantitative estimate of drug-likeness (QED) is 0.817. The molecule has 2 heterocycles. The van der Waals surface area contributed by atoms with Crippen LogP contribution in [-0.4, -0.2) is 28.8 Å². The van der Waals surface area contributed by atoms with E-state index in [9.17, 15) is 4.79 Å². The average molecular weight is 329 g/mol. The Balaban J connectivity index is 1.32. The molecule has 5 nitrogen and oxygen atoms in total. The molecule has 0 spiro atoms. The number of hydrogen-bond acceptors (Lipinski definition) is 3. The predicted molar refractivity (Wildman–Crippen MR) is 91.5 cm³/mol. The van der Waals surface area contributed by atoms with Crippen LogP contribution in [0.5, 0.6) is 0 Å². The molecule has 24 heavy (non-hydrogen) atoms. The Morgan fingerprint density at radius 2 is 2.25 bits per heavy atom. The summed E-state index contributed by atoms with van der Waals surface area (Å²) in [7, 11) is 0. The first kappa shape index (κ1) is 15.9. The maximum Gasteiger partial charge on any atom is 0.224 e. The number of nitrogens with zero attached hydrogens (tertiary/aromatic N) is 2. The van der Waals surface area contributed by atoms with E-state index in [1.165, 1.54) is 36.8 Å². The summed E-state index contributed by atoms with van der Waals surface area (Å²) in [6.07, 6.45) is 13.1. The molecule has 1 fully saturated rings. The number of amides is 1. The van der Waals surface area contributed by atoms with Crippen molar-refractivity contribution in [1.29, 1.82) is 0 Å². The molecule has 5 heteroatoms. The van der Waals surface area contributed by atoms with Gasteiger partial charge in [0.1, 0.15) is 6.10 Å². The zero-order valence-corrected chi connectivity index (χ0v) is 14.3. The average Bonchev–Trinajstić information content (AvgIpc) is 3.30. The number of aromatic nitrogens is 2. The maximum absolute atomic E-state index is 12.2. The van der Waals surface area contributed by atoms with Gasteiger partial charge in [0.05, 0.1) is 12.3 Å². The Kier molecular flexibility index (Phi) is 4.69. The van der Waals surface area contributed by atoms with Crippen LogP contribution >= 0.6 is 0 Å². The zero-order chi connectivity index (χ0) is 16.4. The van der Waals surface area contributed by atoms with Crippen LogP contribution in [0.2, 0.25) is 0 Å². The van der Waals surface area contributed by atoms with Crippen LogP contribution in [0.15, 0.2) is 17.8 Å². The van der Waals surface area contributed by atoms with E-state index in [1.54, 1.807) is 0 Å². The first-order chi connectivity index (χ1) is 11.8. The minimum absolute atomic E-state index is 0.0986. The second-order valence-corrected chi connectivity index (χ2v) is 7.40. The van der Waals surface area contributed by atoms with E-state index in [-0.39, 0.29) is 12.0 Å². The molecule has 3 aliphatic rings. The van der Waals surface area contributed by atoms with E-state index in [0.29, 0.717) is 19.6 Å². The van der Waals surface area contributed by atoms with Gasteiger partial charge in [-0.3, -0.25) is 9.48 Å². The lowest BCUT2D eigenvalue weighted by atomic mass is 9.97. The fourth-order valence-corrected chi connectivity index (χ4v) is 3.69. The van der Waals surface area contributed by atoms with E-state index >= 15 is 0 Å². The number of nitrogens with one attached hydrogen (secondary N) is 1. The fraction of sp³-hybridized carbons (Fsp3) is 0.684. The Bertz CT molecular complexity index is 631. The van der Waals surface area contributed by atoms with Crippen molar-refractivity contribution in [3.63, 3.8) is 0 Å². The van der Waals surface area contributed by atoms with Crippen molar-refractivity contribution in [3.05, 3.63) is 29.1 Å². The van der Waals surface area contributed by atoms with Crippen LogP contribution in [0.3, 0.4) is 0 Å². The van der Waals surface area contributed by atoms with Crippen LogP contribution in [0.1, 0.15) is 62.3 Å². The number of rotatable bonds is 6. The van der Waals surface area contributed by atoms with Gasteiger partial charge in [0.15, 0.2) is 0 Å². The number of carbonyl (C=O) groups excluding carboxylic acids is 1. The molecule has 1 atom stereocenters. The van der Waals surface area contributed by atoms with Crippen molar-refractivity contribution in [3.8, 4) is 0 Å². The van der Waals surface area contributed by atoms with Crippen LogP contribution in [-0.2, 0) is 22.5 Å². The van der Waals surface area contributed by atoms with Gasteiger partial charge in [-0.05, 0) is 56.4 Å². The molecule has 2 aliphatic carbocycles. The highest BCUT2D eigenvalue weighted by Crippen LogP contribution is 2.32. The summed E-state index contributed by atoms with van der Waals surface area (Å²) in [6, 6.07) is 0. The molecule has 0 radical (unpaired) electrons. The van der Waals surface area contributed by atoms with Crippen molar-refractivity contribution in [2.75, 3.05) is 13.2 Å². The van der Waals surface area contributed by atoms with E-state index in [0.717, 1.165) is 37.4 Å². The molecule has 130 valence electrons. The molecule has 0 bridgehead atoms. The summed E-state index contributed by atoms with van der Waals surface area (Å²) in [5.41, 5.74) is 3.60. The lowest BCUT2D eigenvalue weighted by molar-refractivity contribution is -0.121. The molecule has 0 aromatic carbocycles. The standard InChI is InChI=1S/C19H27N3O2/c23-18(10-14-4-2-1-3-5-14)20-11-17-19-16(8-9-24-17)13-22(21-19)12-15-6-7-15/h4,13,15,17H,1-3,5-12H2,(H,20,23)/t17-/m0/s1. The third kappa shape index (κ3) is 3.89. The maximum atomic E-state index is 12.2. The second-order valence-electron chi connectivity index (χ2n) is 7.40. The highest BCUT2D eigenvalue weighted by atomic mass is 16.5. The lowest BCUT2D eigenvalue weighted by Crippen LogP contribution is -2.32. The van der Waals surface area contributed by atoms with Crippen molar-refractivity contribution >= 4 is 5.91 Å². The Morgan fingerprint density at radius 1 is 1.33 bits per heavy atom. The molecule has 0 unspecified atom stereocenters. The largest absolute Gasteiger partial charge is 0.370 e. The van der Waals surface area contributed by atoms with Gasteiger partial charge in [-0.1, -0.05) is 11.6 Å². The second kappa shape index (κ2) is 7.09. The van der Waals surface area contributed by atoms with Crippen molar-refractivity contribution in [2.24, 2.45) is 5.92 Å². The topological polar surface area (TPSA) is 56.1 Å². The molecule has 0 saturated heterocycles. The summed E-state index contributed by atoms with van der Waals surface area (Å²) in [4.78, 5) is 12.2. The van der Waals surface area contributed by atoms with Gasteiger partial charge in [0.2, 0.25) is 5.91 Å². The molecule has 1 aromatic heterocycles. The van der Waals surface area contributed by atoms with E-state index in [2.05, 4.69) is 22.3 Å². The van der Waals surface area contributed by atoms with Crippen molar-refractivity contribution < 1.29 is 9.53 Å². The van der Waals surface area contributed by atoms with Gasteiger partial charge >= 0.3 is 0 Å². The van der Waals surface area contributed by atoms with E-state index in [1.807, 2.05) is 0 Å². The normalized spacial score (nSPS) is 23.5. The number of hydrogen-bond donors (Lipinski definition) is 1. The fourth-order valence-electron chi connectivity index (χ4n) is 3.69. The lowest BCUT2D eigenvalue weighted by Gasteiger charge is -2.22. The molecule has 1 saturated carbocycles.